The molecule has 4 heteroatoms. The molecule has 18 heavy (non-hydrogen) atoms. The lowest BCUT2D eigenvalue weighted by Crippen LogP contribution is -2.31. The minimum atomic E-state index is 0.222. The predicted octanol–water partition coefficient (Wildman–Crippen LogP) is 2.23. The van der Waals surface area contributed by atoms with Crippen molar-refractivity contribution < 1.29 is 14.6 Å². The van der Waals surface area contributed by atoms with Gasteiger partial charge in [0.15, 0.2) is 11.5 Å². The number of rotatable bonds is 6. The first-order valence-corrected chi connectivity index (χ1v) is 6.51. The van der Waals surface area contributed by atoms with Crippen molar-refractivity contribution in [2.45, 2.75) is 38.8 Å². The van der Waals surface area contributed by atoms with Gasteiger partial charge in [-0.3, -0.25) is 0 Å². The van der Waals surface area contributed by atoms with Crippen molar-refractivity contribution in [3.8, 4) is 11.5 Å². The van der Waals surface area contributed by atoms with E-state index >= 15 is 0 Å². The number of hydrogen-bond acceptors (Lipinski definition) is 4. The summed E-state index contributed by atoms with van der Waals surface area (Å²) < 4.78 is 10.7. The fourth-order valence-electron chi connectivity index (χ4n) is 2.19. The highest BCUT2D eigenvalue weighted by Crippen LogP contribution is 2.34. The van der Waals surface area contributed by atoms with E-state index < -0.39 is 0 Å². The molecule has 0 saturated carbocycles. The van der Waals surface area contributed by atoms with Gasteiger partial charge in [-0.2, -0.15) is 0 Å². The highest BCUT2D eigenvalue weighted by molar-refractivity contribution is 5.45. The standard InChI is InChI=1S/C14H21NO3/c1-3-12(6-7-16)15-10(2)11-4-5-13-14(8-11)18-9-17-13/h4-5,8,10,12,15-16H,3,6-7,9H2,1-2H3. The number of nitrogens with one attached hydrogen (secondary N) is 1. The molecule has 1 aliphatic rings. The average molecular weight is 251 g/mol. The number of ether oxygens (including phenoxy) is 2. The molecule has 2 N–H and O–H groups in total. The summed E-state index contributed by atoms with van der Waals surface area (Å²) in [6, 6.07) is 6.59. The van der Waals surface area contributed by atoms with Crippen LogP contribution in [0.2, 0.25) is 0 Å². The normalized spacial score (nSPS) is 16.6. The van der Waals surface area contributed by atoms with Gasteiger partial charge in [0.25, 0.3) is 0 Å². The van der Waals surface area contributed by atoms with E-state index in [2.05, 4.69) is 25.2 Å². The van der Waals surface area contributed by atoms with Crippen LogP contribution in [0, 0.1) is 0 Å². The maximum absolute atomic E-state index is 9.00. The number of aliphatic hydroxyl groups is 1. The molecule has 1 aliphatic heterocycles. The molecule has 0 aliphatic carbocycles. The van der Waals surface area contributed by atoms with Crippen LogP contribution in [-0.2, 0) is 0 Å². The van der Waals surface area contributed by atoms with Crippen LogP contribution in [0.4, 0.5) is 0 Å². The van der Waals surface area contributed by atoms with Crippen molar-refractivity contribution in [1.29, 1.82) is 0 Å². The SMILES string of the molecule is CCC(CCO)NC(C)c1ccc2c(c1)OCO2. The molecule has 0 saturated heterocycles. The van der Waals surface area contributed by atoms with Crippen LogP contribution in [-0.4, -0.2) is 24.5 Å². The maximum Gasteiger partial charge on any atom is 0.231 e. The average Bonchev–Trinajstić information content (AvgIpc) is 2.85. The Morgan fingerprint density at radius 1 is 1.33 bits per heavy atom. The van der Waals surface area contributed by atoms with E-state index in [0.717, 1.165) is 24.3 Å². The first-order chi connectivity index (χ1) is 8.74. The summed E-state index contributed by atoms with van der Waals surface area (Å²) in [5.74, 6) is 1.63. The van der Waals surface area contributed by atoms with Gasteiger partial charge < -0.3 is 19.9 Å². The Balaban J connectivity index is 2.02. The van der Waals surface area contributed by atoms with Crippen molar-refractivity contribution in [1.82, 2.24) is 5.32 Å². The lowest BCUT2D eigenvalue weighted by Gasteiger charge is -2.22. The first-order valence-electron chi connectivity index (χ1n) is 6.51. The third kappa shape index (κ3) is 2.94. The fraction of sp³-hybridized carbons (Fsp3) is 0.571. The van der Waals surface area contributed by atoms with E-state index in [1.54, 1.807) is 0 Å². The van der Waals surface area contributed by atoms with E-state index in [9.17, 15) is 0 Å². The van der Waals surface area contributed by atoms with Crippen LogP contribution in [0.5, 0.6) is 11.5 Å². The van der Waals surface area contributed by atoms with Gasteiger partial charge in [-0.15, -0.1) is 0 Å². The predicted molar refractivity (Wildman–Crippen MR) is 69.9 cm³/mol. The van der Waals surface area contributed by atoms with Crippen molar-refractivity contribution >= 4 is 0 Å². The summed E-state index contributed by atoms with van der Waals surface area (Å²) in [7, 11) is 0. The quantitative estimate of drug-likeness (QED) is 0.814. The Morgan fingerprint density at radius 3 is 2.83 bits per heavy atom. The Bertz CT molecular complexity index is 395. The summed E-state index contributed by atoms with van der Waals surface area (Å²) in [6.07, 6.45) is 1.79. The van der Waals surface area contributed by atoms with E-state index in [4.69, 9.17) is 14.6 Å². The zero-order valence-electron chi connectivity index (χ0n) is 11.0. The van der Waals surface area contributed by atoms with E-state index in [1.165, 1.54) is 5.56 Å². The van der Waals surface area contributed by atoms with Crippen molar-refractivity contribution in [2.24, 2.45) is 0 Å². The summed E-state index contributed by atoms with van der Waals surface area (Å²) in [5.41, 5.74) is 1.18. The third-order valence-electron chi connectivity index (χ3n) is 3.35. The maximum atomic E-state index is 9.00. The van der Waals surface area contributed by atoms with E-state index in [-0.39, 0.29) is 12.6 Å². The Labute approximate surface area is 108 Å². The van der Waals surface area contributed by atoms with Gasteiger partial charge in [-0.25, -0.2) is 0 Å². The largest absolute Gasteiger partial charge is 0.454 e. The minimum Gasteiger partial charge on any atom is -0.454 e. The van der Waals surface area contributed by atoms with Gasteiger partial charge in [-0.05, 0) is 37.5 Å². The second-order valence-corrected chi connectivity index (χ2v) is 4.62. The molecule has 2 atom stereocenters. The summed E-state index contributed by atoms with van der Waals surface area (Å²) in [6.45, 7) is 4.78. The van der Waals surface area contributed by atoms with Gasteiger partial charge in [0.05, 0.1) is 0 Å². The summed E-state index contributed by atoms with van der Waals surface area (Å²) >= 11 is 0. The highest BCUT2D eigenvalue weighted by atomic mass is 16.7. The van der Waals surface area contributed by atoms with Crippen LogP contribution < -0.4 is 14.8 Å². The highest BCUT2D eigenvalue weighted by Gasteiger charge is 2.17. The molecule has 1 aromatic rings. The van der Waals surface area contributed by atoms with Gasteiger partial charge in [0.2, 0.25) is 6.79 Å². The monoisotopic (exact) mass is 251 g/mol. The zero-order valence-corrected chi connectivity index (χ0v) is 11.0. The molecule has 1 heterocycles. The molecule has 2 rings (SSSR count). The van der Waals surface area contributed by atoms with Crippen molar-refractivity contribution in [3.05, 3.63) is 23.8 Å². The van der Waals surface area contributed by atoms with Gasteiger partial charge in [0.1, 0.15) is 0 Å². The smallest absolute Gasteiger partial charge is 0.231 e. The molecule has 0 bridgehead atoms. The molecule has 0 aromatic heterocycles. The Kier molecular flexibility index (Phi) is 4.44. The van der Waals surface area contributed by atoms with Crippen LogP contribution in [0.3, 0.4) is 0 Å². The molecule has 0 amide bonds. The number of fused-ring (bicyclic) bond motifs is 1. The summed E-state index contributed by atoms with van der Waals surface area (Å²) in [5, 5.41) is 12.5. The molecule has 0 fully saturated rings. The first kappa shape index (κ1) is 13.2. The van der Waals surface area contributed by atoms with Crippen LogP contribution in [0.25, 0.3) is 0 Å². The van der Waals surface area contributed by atoms with E-state index in [1.807, 2.05) is 12.1 Å². The molecule has 4 nitrogen and oxygen atoms in total. The molecule has 2 unspecified atom stereocenters. The van der Waals surface area contributed by atoms with Crippen LogP contribution in [0.1, 0.15) is 38.3 Å². The van der Waals surface area contributed by atoms with Crippen LogP contribution in [0.15, 0.2) is 18.2 Å². The Morgan fingerprint density at radius 2 is 2.11 bits per heavy atom. The fourth-order valence-corrected chi connectivity index (χ4v) is 2.19. The van der Waals surface area contributed by atoms with E-state index in [0.29, 0.717) is 12.8 Å². The topological polar surface area (TPSA) is 50.7 Å². The number of benzene rings is 1. The van der Waals surface area contributed by atoms with Gasteiger partial charge >= 0.3 is 0 Å². The second-order valence-electron chi connectivity index (χ2n) is 4.62. The molecule has 0 spiro atoms. The molecular weight excluding hydrogens is 230 g/mol. The van der Waals surface area contributed by atoms with Crippen molar-refractivity contribution in [2.75, 3.05) is 13.4 Å². The summed E-state index contributed by atoms with van der Waals surface area (Å²) in [4.78, 5) is 0. The second kappa shape index (κ2) is 6.07. The third-order valence-corrected chi connectivity index (χ3v) is 3.35. The number of hydrogen-bond donors (Lipinski definition) is 2. The van der Waals surface area contributed by atoms with Gasteiger partial charge in [-0.1, -0.05) is 13.0 Å². The van der Waals surface area contributed by atoms with Gasteiger partial charge in [0, 0.05) is 18.7 Å². The minimum absolute atomic E-state index is 0.222. The van der Waals surface area contributed by atoms with Crippen molar-refractivity contribution in [3.63, 3.8) is 0 Å². The van der Waals surface area contributed by atoms with Crippen LogP contribution >= 0.6 is 0 Å². The molecule has 1 aromatic carbocycles. The zero-order chi connectivity index (χ0) is 13.0. The number of aliphatic hydroxyl groups excluding tert-OH is 1. The Hall–Kier alpha value is -1.26. The molecular formula is C14H21NO3. The molecule has 100 valence electrons. The lowest BCUT2D eigenvalue weighted by molar-refractivity contribution is 0.174. The lowest BCUT2D eigenvalue weighted by atomic mass is 10.0. The molecule has 0 radical (unpaired) electrons.